The van der Waals surface area contributed by atoms with E-state index < -0.39 is 0 Å². The Kier molecular flexibility index (Phi) is 6.11. The third-order valence-electron chi connectivity index (χ3n) is 4.32. The molecule has 2 aromatic heterocycles. The molecule has 0 atom stereocenters. The molecule has 0 saturated carbocycles. The topological polar surface area (TPSA) is 123 Å². The second-order valence-electron chi connectivity index (χ2n) is 7.23. The lowest BCUT2D eigenvalue weighted by Crippen LogP contribution is -2.29. The van der Waals surface area contributed by atoms with E-state index in [0.717, 1.165) is 18.6 Å². The summed E-state index contributed by atoms with van der Waals surface area (Å²) < 4.78 is 5.88. The highest BCUT2D eigenvalue weighted by Gasteiger charge is 2.16. The molecule has 8 heteroatoms. The van der Waals surface area contributed by atoms with Crippen molar-refractivity contribution in [3.05, 3.63) is 47.3 Å². The van der Waals surface area contributed by atoms with E-state index in [1.165, 1.54) is 24.5 Å². The van der Waals surface area contributed by atoms with Crippen LogP contribution in [-0.4, -0.2) is 32.8 Å². The number of nitrogens with two attached hydrogens (primary N) is 1. The van der Waals surface area contributed by atoms with Crippen LogP contribution in [0.25, 0.3) is 11.2 Å². The summed E-state index contributed by atoms with van der Waals surface area (Å²) in [6, 6.07) is 6.19. The van der Waals surface area contributed by atoms with Gasteiger partial charge in [0.15, 0.2) is 5.65 Å². The third-order valence-corrected chi connectivity index (χ3v) is 4.32. The highest BCUT2D eigenvalue weighted by atomic mass is 16.5. The Morgan fingerprint density at radius 3 is 2.69 bits per heavy atom. The Morgan fingerprint density at radius 1 is 1.24 bits per heavy atom. The Bertz CT molecular complexity index is 1040. The SMILES string of the molecule is CC(C)NC(=O)c1c[nH]c2ncc(Oc3ccc4c(c3)CCC4)nc12.CC(N)=O. The van der Waals surface area contributed by atoms with Crippen molar-refractivity contribution >= 4 is 23.0 Å². The van der Waals surface area contributed by atoms with Gasteiger partial charge in [0, 0.05) is 19.2 Å². The van der Waals surface area contributed by atoms with Gasteiger partial charge in [-0.25, -0.2) is 9.97 Å². The molecule has 2 amide bonds. The van der Waals surface area contributed by atoms with Crippen LogP contribution in [0.5, 0.6) is 11.6 Å². The van der Waals surface area contributed by atoms with Crippen LogP contribution in [0.4, 0.5) is 0 Å². The zero-order valence-electron chi connectivity index (χ0n) is 16.8. The molecule has 0 radical (unpaired) electrons. The molecule has 0 bridgehead atoms. The molecule has 4 rings (SSSR count). The van der Waals surface area contributed by atoms with Gasteiger partial charge in [-0.15, -0.1) is 0 Å². The fourth-order valence-electron chi connectivity index (χ4n) is 3.17. The highest BCUT2D eigenvalue weighted by Crippen LogP contribution is 2.28. The maximum Gasteiger partial charge on any atom is 0.255 e. The minimum atomic E-state index is -0.333. The summed E-state index contributed by atoms with van der Waals surface area (Å²) in [5.74, 6) is 0.617. The molecular formula is C21H25N5O3. The number of primary amides is 1. The molecular weight excluding hydrogens is 370 g/mol. The largest absolute Gasteiger partial charge is 0.437 e. The van der Waals surface area contributed by atoms with Gasteiger partial charge in [0.1, 0.15) is 11.3 Å². The maximum atomic E-state index is 12.3. The number of aromatic nitrogens is 3. The molecule has 0 fully saturated rings. The number of nitrogens with zero attached hydrogens (tertiary/aromatic N) is 2. The number of benzene rings is 1. The molecule has 2 heterocycles. The number of carbonyl (C=O) groups excluding carboxylic acids is 2. The smallest absolute Gasteiger partial charge is 0.255 e. The second kappa shape index (κ2) is 8.72. The van der Waals surface area contributed by atoms with Crippen LogP contribution in [0, 0.1) is 0 Å². The quantitative estimate of drug-likeness (QED) is 0.627. The van der Waals surface area contributed by atoms with E-state index in [0.29, 0.717) is 22.6 Å². The van der Waals surface area contributed by atoms with E-state index in [1.54, 1.807) is 12.4 Å². The monoisotopic (exact) mass is 395 g/mol. The van der Waals surface area contributed by atoms with Crippen molar-refractivity contribution < 1.29 is 14.3 Å². The Labute approximate surface area is 168 Å². The summed E-state index contributed by atoms with van der Waals surface area (Å²) >= 11 is 0. The average Bonchev–Trinajstić information content (AvgIpc) is 3.26. The first-order chi connectivity index (χ1) is 13.8. The average molecular weight is 395 g/mol. The van der Waals surface area contributed by atoms with Crippen LogP contribution in [-0.2, 0) is 17.6 Å². The van der Waals surface area contributed by atoms with Gasteiger partial charge in [0.05, 0.1) is 11.8 Å². The molecule has 8 nitrogen and oxygen atoms in total. The molecule has 1 aliphatic carbocycles. The number of fused-ring (bicyclic) bond motifs is 2. The molecule has 152 valence electrons. The number of hydrogen-bond acceptors (Lipinski definition) is 5. The minimum absolute atomic E-state index is 0.0521. The standard InChI is InChI=1S/C19H20N4O2.C2H5NO/c1-11(2)22-19(24)15-9-20-18-17(15)23-16(10-21-18)25-14-7-6-12-4-3-5-13(12)8-14;1-2(3)4/h6-11H,3-5H2,1-2H3,(H,20,21)(H,22,24);1H3,(H2,3,4). The Balaban J connectivity index is 0.000000552. The molecule has 3 aromatic rings. The second-order valence-corrected chi connectivity index (χ2v) is 7.23. The number of H-pyrrole nitrogens is 1. The van der Waals surface area contributed by atoms with Gasteiger partial charge < -0.3 is 20.8 Å². The number of amides is 2. The molecule has 1 aliphatic rings. The van der Waals surface area contributed by atoms with Crippen molar-refractivity contribution in [2.24, 2.45) is 5.73 Å². The third kappa shape index (κ3) is 5.10. The normalized spacial score (nSPS) is 12.3. The number of hydrogen-bond donors (Lipinski definition) is 3. The van der Waals surface area contributed by atoms with Crippen molar-refractivity contribution in [2.45, 2.75) is 46.1 Å². The molecule has 0 spiro atoms. The van der Waals surface area contributed by atoms with Gasteiger partial charge in [-0.2, -0.15) is 0 Å². The fourth-order valence-corrected chi connectivity index (χ4v) is 3.17. The van der Waals surface area contributed by atoms with Crippen molar-refractivity contribution in [1.29, 1.82) is 0 Å². The first kappa shape index (κ1) is 20.3. The zero-order chi connectivity index (χ0) is 21.0. The Hall–Kier alpha value is -3.42. The van der Waals surface area contributed by atoms with Crippen molar-refractivity contribution in [3.63, 3.8) is 0 Å². The van der Waals surface area contributed by atoms with Gasteiger partial charge in [-0.1, -0.05) is 6.07 Å². The van der Waals surface area contributed by atoms with Crippen LogP contribution in [0.15, 0.2) is 30.6 Å². The van der Waals surface area contributed by atoms with E-state index in [2.05, 4.69) is 38.1 Å². The van der Waals surface area contributed by atoms with Gasteiger partial charge in [0.2, 0.25) is 11.8 Å². The van der Waals surface area contributed by atoms with Crippen molar-refractivity contribution in [2.75, 3.05) is 0 Å². The zero-order valence-corrected chi connectivity index (χ0v) is 16.8. The van der Waals surface area contributed by atoms with Crippen molar-refractivity contribution in [1.82, 2.24) is 20.3 Å². The van der Waals surface area contributed by atoms with E-state index in [-0.39, 0.29) is 17.9 Å². The van der Waals surface area contributed by atoms with Gasteiger partial charge in [0.25, 0.3) is 5.91 Å². The van der Waals surface area contributed by atoms with Crippen LogP contribution in [0.2, 0.25) is 0 Å². The lowest BCUT2D eigenvalue weighted by Gasteiger charge is -2.08. The predicted octanol–water partition coefficient (Wildman–Crippen LogP) is 2.87. The molecule has 29 heavy (non-hydrogen) atoms. The summed E-state index contributed by atoms with van der Waals surface area (Å²) in [7, 11) is 0. The molecule has 1 aromatic carbocycles. The number of aryl methyl sites for hydroxylation is 2. The number of nitrogens with one attached hydrogen (secondary N) is 2. The summed E-state index contributed by atoms with van der Waals surface area (Å²) in [6.45, 7) is 5.14. The van der Waals surface area contributed by atoms with Gasteiger partial charge in [-0.3, -0.25) is 9.59 Å². The van der Waals surface area contributed by atoms with Crippen LogP contribution in [0.3, 0.4) is 0 Å². The number of rotatable bonds is 4. The van der Waals surface area contributed by atoms with E-state index in [1.807, 2.05) is 19.9 Å². The molecule has 0 saturated heterocycles. The Morgan fingerprint density at radius 2 is 1.97 bits per heavy atom. The lowest BCUT2D eigenvalue weighted by molar-refractivity contribution is -0.115. The van der Waals surface area contributed by atoms with E-state index >= 15 is 0 Å². The van der Waals surface area contributed by atoms with Gasteiger partial charge >= 0.3 is 0 Å². The summed E-state index contributed by atoms with van der Waals surface area (Å²) in [5, 5.41) is 2.87. The molecule has 0 aliphatic heterocycles. The first-order valence-electron chi connectivity index (χ1n) is 9.54. The van der Waals surface area contributed by atoms with E-state index in [9.17, 15) is 9.59 Å². The maximum absolute atomic E-state index is 12.3. The van der Waals surface area contributed by atoms with E-state index in [4.69, 9.17) is 4.74 Å². The van der Waals surface area contributed by atoms with Gasteiger partial charge in [-0.05, 0) is 56.4 Å². The molecule has 0 unspecified atom stereocenters. The summed E-state index contributed by atoms with van der Waals surface area (Å²) in [6.07, 6.45) is 6.62. The number of aromatic amines is 1. The predicted molar refractivity (Wildman–Crippen MR) is 110 cm³/mol. The van der Waals surface area contributed by atoms with Crippen LogP contribution in [0.1, 0.15) is 48.7 Å². The summed E-state index contributed by atoms with van der Waals surface area (Å²) in [5.41, 5.74) is 8.75. The van der Waals surface area contributed by atoms with Crippen LogP contribution < -0.4 is 15.8 Å². The van der Waals surface area contributed by atoms with Crippen molar-refractivity contribution in [3.8, 4) is 11.6 Å². The number of ether oxygens (including phenoxy) is 1. The fraction of sp³-hybridized carbons (Fsp3) is 0.333. The number of carbonyl (C=O) groups is 2. The first-order valence-corrected chi connectivity index (χ1v) is 9.54. The summed E-state index contributed by atoms with van der Waals surface area (Å²) in [4.78, 5) is 33.3. The molecule has 4 N–H and O–H groups in total. The minimum Gasteiger partial charge on any atom is -0.437 e. The lowest BCUT2D eigenvalue weighted by atomic mass is 10.1. The highest BCUT2D eigenvalue weighted by molar-refractivity contribution is 6.04. The van der Waals surface area contributed by atoms with Crippen LogP contribution >= 0.6 is 0 Å².